The molecule has 2 nitrogen and oxygen atoms in total. The van der Waals surface area contributed by atoms with Gasteiger partial charge in [0.05, 0.1) is 0 Å². The molecule has 12 heavy (non-hydrogen) atoms. The molecule has 0 atom stereocenters. The highest BCUT2D eigenvalue weighted by Gasteiger charge is 1.86. The van der Waals surface area contributed by atoms with Crippen LogP contribution < -0.4 is 11.5 Å². The maximum atomic E-state index is 5.60. The van der Waals surface area contributed by atoms with Crippen LogP contribution in [0.5, 0.6) is 0 Å². The molecule has 0 aliphatic rings. The summed E-state index contributed by atoms with van der Waals surface area (Å²) >= 11 is 0. The average molecular weight is 162 g/mol. The Morgan fingerprint density at radius 3 is 2.83 bits per heavy atom. The molecule has 0 bridgehead atoms. The van der Waals surface area contributed by atoms with Gasteiger partial charge in [0, 0.05) is 5.69 Å². The summed E-state index contributed by atoms with van der Waals surface area (Å²) in [5, 5.41) is 0. The van der Waals surface area contributed by atoms with E-state index >= 15 is 0 Å². The molecule has 0 saturated heterocycles. The summed E-state index contributed by atoms with van der Waals surface area (Å²) in [5.74, 6) is 0. The molecule has 2 heteroatoms. The van der Waals surface area contributed by atoms with Gasteiger partial charge in [-0.25, -0.2) is 0 Å². The summed E-state index contributed by atoms with van der Waals surface area (Å²) in [6, 6.07) is 7.77. The maximum absolute atomic E-state index is 5.60. The molecular weight excluding hydrogens is 148 g/mol. The minimum Gasteiger partial charge on any atom is -0.399 e. The predicted molar refractivity (Wildman–Crippen MR) is 53.6 cm³/mol. The van der Waals surface area contributed by atoms with Crippen LogP contribution in [-0.2, 0) is 0 Å². The second-order valence-corrected chi connectivity index (χ2v) is 2.65. The summed E-state index contributed by atoms with van der Waals surface area (Å²) in [7, 11) is 0. The van der Waals surface area contributed by atoms with E-state index in [9.17, 15) is 0 Å². The van der Waals surface area contributed by atoms with Crippen molar-refractivity contribution in [2.75, 3.05) is 12.3 Å². The molecule has 1 rings (SSSR count). The molecule has 0 heterocycles. The van der Waals surface area contributed by atoms with Gasteiger partial charge in [-0.15, -0.1) is 0 Å². The van der Waals surface area contributed by atoms with Gasteiger partial charge in [0.15, 0.2) is 0 Å². The van der Waals surface area contributed by atoms with Crippen molar-refractivity contribution in [1.82, 2.24) is 0 Å². The number of nitrogen functional groups attached to an aromatic ring is 1. The topological polar surface area (TPSA) is 52.0 Å². The molecule has 0 radical (unpaired) electrons. The lowest BCUT2D eigenvalue weighted by Gasteiger charge is -1.94. The van der Waals surface area contributed by atoms with Crippen molar-refractivity contribution in [3.63, 3.8) is 0 Å². The average Bonchev–Trinajstić information content (AvgIpc) is 2.05. The van der Waals surface area contributed by atoms with E-state index in [4.69, 9.17) is 11.5 Å². The quantitative estimate of drug-likeness (QED) is 0.664. The Kier molecular flexibility index (Phi) is 3.35. The number of nitrogens with two attached hydrogens (primary N) is 2. The summed E-state index contributed by atoms with van der Waals surface area (Å²) in [4.78, 5) is 0. The molecule has 1 aromatic carbocycles. The lowest BCUT2D eigenvalue weighted by atomic mass is 10.2. The molecule has 1 aromatic rings. The Bertz CT molecular complexity index is 266. The fourth-order valence-corrected chi connectivity index (χ4v) is 0.978. The molecule has 0 fully saturated rings. The second-order valence-electron chi connectivity index (χ2n) is 2.65. The van der Waals surface area contributed by atoms with Crippen molar-refractivity contribution in [2.24, 2.45) is 5.73 Å². The fourth-order valence-electron chi connectivity index (χ4n) is 0.978. The van der Waals surface area contributed by atoms with E-state index < -0.39 is 0 Å². The van der Waals surface area contributed by atoms with Gasteiger partial charge in [-0.1, -0.05) is 24.3 Å². The number of benzene rings is 1. The molecule has 0 aliphatic heterocycles. The number of hydrogen-bond acceptors (Lipinski definition) is 2. The maximum Gasteiger partial charge on any atom is 0.0319 e. The fraction of sp³-hybridized carbons (Fsp3) is 0.200. The lowest BCUT2D eigenvalue weighted by molar-refractivity contribution is 1.01. The molecule has 4 N–H and O–H groups in total. The van der Waals surface area contributed by atoms with Crippen molar-refractivity contribution in [2.45, 2.75) is 6.42 Å². The van der Waals surface area contributed by atoms with Gasteiger partial charge in [0.25, 0.3) is 0 Å². The van der Waals surface area contributed by atoms with E-state index in [0.29, 0.717) is 6.54 Å². The summed E-state index contributed by atoms with van der Waals surface area (Å²) in [6.45, 7) is 0.693. The summed E-state index contributed by atoms with van der Waals surface area (Å²) < 4.78 is 0. The van der Waals surface area contributed by atoms with E-state index in [-0.39, 0.29) is 0 Å². The Morgan fingerprint density at radius 2 is 2.17 bits per heavy atom. The highest BCUT2D eigenvalue weighted by atomic mass is 14.5. The first-order chi connectivity index (χ1) is 5.83. The zero-order chi connectivity index (χ0) is 8.81. The van der Waals surface area contributed by atoms with Crippen molar-refractivity contribution in [3.8, 4) is 0 Å². The third kappa shape index (κ3) is 2.76. The number of anilines is 1. The van der Waals surface area contributed by atoms with Crippen LogP contribution in [0, 0.1) is 0 Å². The molecular formula is C10H14N2. The summed E-state index contributed by atoms with van der Waals surface area (Å²) in [5.41, 5.74) is 12.9. The van der Waals surface area contributed by atoms with Crippen molar-refractivity contribution >= 4 is 11.8 Å². The summed E-state index contributed by atoms with van der Waals surface area (Å²) in [6.07, 6.45) is 4.99. The molecule has 0 aromatic heterocycles. The van der Waals surface area contributed by atoms with Gasteiger partial charge >= 0.3 is 0 Å². The number of hydrogen-bond donors (Lipinski definition) is 2. The van der Waals surface area contributed by atoms with Crippen LogP contribution >= 0.6 is 0 Å². The van der Waals surface area contributed by atoms with Crippen LogP contribution in [-0.4, -0.2) is 6.54 Å². The third-order valence-electron chi connectivity index (χ3n) is 1.55. The molecule has 0 spiro atoms. The Labute approximate surface area is 72.9 Å². The Hall–Kier alpha value is -1.28. The predicted octanol–water partition coefficient (Wildman–Crippen LogP) is 1.63. The van der Waals surface area contributed by atoms with E-state index in [1.54, 1.807) is 0 Å². The minimum absolute atomic E-state index is 0.693. The second kappa shape index (κ2) is 4.57. The molecule has 0 amide bonds. The molecule has 0 aliphatic carbocycles. The third-order valence-corrected chi connectivity index (χ3v) is 1.55. The Balaban J connectivity index is 2.63. The normalized spacial score (nSPS) is 10.8. The monoisotopic (exact) mass is 162 g/mol. The molecule has 0 saturated carbocycles. The lowest BCUT2D eigenvalue weighted by Crippen LogP contribution is -1.94. The van der Waals surface area contributed by atoms with E-state index in [2.05, 4.69) is 6.08 Å². The van der Waals surface area contributed by atoms with Crippen LogP contribution in [0.25, 0.3) is 6.08 Å². The van der Waals surface area contributed by atoms with Crippen LogP contribution in [0.1, 0.15) is 12.0 Å². The zero-order valence-electron chi connectivity index (χ0n) is 7.03. The SMILES string of the molecule is NCCC=Cc1cccc(N)c1. The first-order valence-electron chi connectivity index (χ1n) is 4.05. The first-order valence-corrected chi connectivity index (χ1v) is 4.05. The molecule has 0 unspecified atom stereocenters. The standard InChI is InChI=1S/C10H14N2/c11-7-2-1-4-9-5-3-6-10(12)8-9/h1,3-6,8H,2,7,11-12H2. The van der Waals surface area contributed by atoms with Crippen LogP contribution in [0.4, 0.5) is 5.69 Å². The van der Waals surface area contributed by atoms with Crippen LogP contribution in [0.3, 0.4) is 0 Å². The van der Waals surface area contributed by atoms with Gasteiger partial charge in [0.2, 0.25) is 0 Å². The smallest absolute Gasteiger partial charge is 0.0319 e. The van der Waals surface area contributed by atoms with E-state index in [0.717, 1.165) is 17.7 Å². The van der Waals surface area contributed by atoms with E-state index in [1.165, 1.54) is 0 Å². The molecule has 64 valence electrons. The van der Waals surface area contributed by atoms with Crippen molar-refractivity contribution < 1.29 is 0 Å². The number of rotatable bonds is 3. The first kappa shape index (κ1) is 8.81. The van der Waals surface area contributed by atoms with Crippen LogP contribution in [0.15, 0.2) is 30.3 Å². The highest BCUT2D eigenvalue weighted by molar-refractivity contribution is 5.55. The highest BCUT2D eigenvalue weighted by Crippen LogP contribution is 2.08. The van der Waals surface area contributed by atoms with Gasteiger partial charge < -0.3 is 11.5 Å². The largest absolute Gasteiger partial charge is 0.399 e. The van der Waals surface area contributed by atoms with Crippen molar-refractivity contribution in [1.29, 1.82) is 0 Å². The van der Waals surface area contributed by atoms with Gasteiger partial charge in [0.1, 0.15) is 0 Å². The Morgan fingerprint density at radius 1 is 1.33 bits per heavy atom. The zero-order valence-corrected chi connectivity index (χ0v) is 7.03. The van der Waals surface area contributed by atoms with Gasteiger partial charge in [-0.2, -0.15) is 0 Å². The van der Waals surface area contributed by atoms with Crippen molar-refractivity contribution in [3.05, 3.63) is 35.9 Å². The van der Waals surface area contributed by atoms with Crippen LogP contribution in [0.2, 0.25) is 0 Å². The minimum atomic E-state index is 0.693. The van der Waals surface area contributed by atoms with E-state index in [1.807, 2.05) is 30.3 Å². The van der Waals surface area contributed by atoms with Gasteiger partial charge in [-0.3, -0.25) is 0 Å². The van der Waals surface area contributed by atoms with Gasteiger partial charge in [-0.05, 0) is 30.7 Å².